The second-order valence-electron chi connectivity index (χ2n) is 4.46. The molecular weight excluding hydrogens is 212 g/mol. The molecule has 0 spiro atoms. The standard InChI is InChI=1S/C13H20N4/c1-10(2)17(4)8-7-15-13-12(9-14)6-5-11(3)16-13/h5-6,10H,7-8H2,1-4H3,(H,15,16). The van der Waals surface area contributed by atoms with E-state index in [9.17, 15) is 0 Å². The van der Waals surface area contributed by atoms with Crippen LogP contribution in [0.15, 0.2) is 12.1 Å². The Kier molecular flexibility index (Phi) is 4.92. The fourth-order valence-corrected chi connectivity index (χ4v) is 1.39. The van der Waals surface area contributed by atoms with Crippen LogP contribution in [-0.2, 0) is 0 Å². The normalized spacial score (nSPS) is 10.6. The Morgan fingerprint density at radius 1 is 1.47 bits per heavy atom. The van der Waals surface area contributed by atoms with Crippen LogP contribution < -0.4 is 5.32 Å². The summed E-state index contributed by atoms with van der Waals surface area (Å²) in [5, 5.41) is 12.2. The highest BCUT2D eigenvalue weighted by atomic mass is 15.1. The third kappa shape index (κ3) is 4.04. The molecule has 0 bridgehead atoms. The molecule has 92 valence electrons. The van der Waals surface area contributed by atoms with Crippen LogP contribution in [0.1, 0.15) is 25.1 Å². The van der Waals surface area contributed by atoms with E-state index in [2.05, 4.69) is 42.2 Å². The third-order valence-corrected chi connectivity index (χ3v) is 2.79. The highest BCUT2D eigenvalue weighted by molar-refractivity contribution is 5.52. The fourth-order valence-electron chi connectivity index (χ4n) is 1.39. The van der Waals surface area contributed by atoms with Gasteiger partial charge in [0, 0.05) is 24.8 Å². The molecule has 4 nitrogen and oxygen atoms in total. The van der Waals surface area contributed by atoms with E-state index in [0.717, 1.165) is 18.8 Å². The van der Waals surface area contributed by atoms with Crippen molar-refractivity contribution >= 4 is 5.82 Å². The molecule has 17 heavy (non-hydrogen) atoms. The van der Waals surface area contributed by atoms with Crippen LogP contribution in [0.3, 0.4) is 0 Å². The number of nitrogens with one attached hydrogen (secondary N) is 1. The van der Waals surface area contributed by atoms with E-state index in [-0.39, 0.29) is 0 Å². The van der Waals surface area contributed by atoms with Crippen LogP contribution in [0, 0.1) is 18.3 Å². The molecule has 0 aliphatic rings. The van der Waals surface area contributed by atoms with E-state index in [1.165, 1.54) is 0 Å². The quantitative estimate of drug-likeness (QED) is 0.843. The van der Waals surface area contributed by atoms with Crippen molar-refractivity contribution in [2.75, 3.05) is 25.5 Å². The molecule has 0 atom stereocenters. The van der Waals surface area contributed by atoms with Gasteiger partial charge in [-0.1, -0.05) is 0 Å². The van der Waals surface area contributed by atoms with Crippen molar-refractivity contribution < 1.29 is 0 Å². The monoisotopic (exact) mass is 232 g/mol. The number of pyridine rings is 1. The number of likely N-dealkylation sites (N-methyl/N-ethyl adjacent to an activating group) is 1. The van der Waals surface area contributed by atoms with Crippen LogP contribution >= 0.6 is 0 Å². The zero-order valence-corrected chi connectivity index (χ0v) is 11.0. The molecule has 0 radical (unpaired) electrons. The van der Waals surface area contributed by atoms with Gasteiger partial charge in [0.25, 0.3) is 0 Å². The largest absolute Gasteiger partial charge is 0.368 e. The Labute approximate surface area is 103 Å². The first kappa shape index (κ1) is 13.5. The first-order chi connectivity index (χ1) is 8.04. The zero-order valence-electron chi connectivity index (χ0n) is 11.0. The summed E-state index contributed by atoms with van der Waals surface area (Å²) in [6.45, 7) is 7.96. The molecule has 1 aromatic rings. The van der Waals surface area contributed by atoms with Crippen molar-refractivity contribution in [3.05, 3.63) is 23.4 Å². The van der Waals surface area contributed by atoms with Gasteiger partial charge in [0.1, 0.15) is 11.9 Å². The first-order valence-corrected chi connectivity index (χ1v) is 5.86. The molecule has 0 aliphatic heterocycles. The van der Waals surface area contributed by atoms with E-state index in [4.69, 9.17) is 5.26 Å². The van der Waals surface area contributed by atoms with E-state index in [0.29, 0.717) is 17.4 Å². The number of nitriles is 1. The minimum atomic E-state index is 0.526. The van der Waals surface area contributed by atoms with Gasteiger partial charge in [-0.05, 0) is 40.0 Å². The highest BCUT2D eigenvalue weighted by Gasteiger charge is 2.05. The fraction of sp³-hybridized carbons (Fsp3) is 0.538. The topological polar surface area (TPSA) is 52.0 Å². The number of aryl methyl sites for hydroxylation is 1. The smallest absolute Gasteiger partial charge is 0.144 e. The van der Waals surface area contributed by atoms with Gasteiger partial charge in [-0.15, -0.1) is 0 Å². The van der Waals surface area contributed by atoms with Crippen LogP contribution in [-0.4, -0.2) is 36.1 Å². The van der Waals surface area contributed by atoms with Crippen molar-refractivity contribution in [2.45, 2.75) is 26.8 Å². The summed E-state index contributed by atoms with van der Waals surface area (Å²) in [5.74, 6) is 0.685. The maximum absolute atomic E-state index is 8.97. The molecule has 1 heterocycles. The molecular formula is C13H20N4. The zero-order chi connectivity index (χ0) is 12.8. The lowest BCUT2D eigenvalue weighted by Crippen LogP contribution is -2.31. The van der Waals surface area contributed by atoms with Crippen molar-refractivity contribution in [2.24, 2.45) is 0 Å². The molecule has 0 saturated carbocycles. The Bertz CT molecular complexity index is 406. The van der Waals surface area contributed by atoms with Crippen molar-refractivity contribution in [3.8, 4) is 6.07 Å². The minimum absolute atomic E-state index is 0.526. The maximum atomic E-state index is 8.97. The Hall–Kier alpha value is -1.60. The molecule has 0 aromatic carbocycles. The average Bonchev–Trinajstić information content (AvgIpc) is 2.29. The van der Waals surface area contributed by atoms with Crippen molar-refractivity contribution in [1.82, 2.24) is 9.88 Å². The third-order valence-electron chi connectivity index (χ3n) is 2.79. The number of rotatable bonds is 5. The van der Waals surface area contributed by atoms with E-state index in [1.807, 2.05) is 13.0 Å². The van der Waals surface area contributed by atoms with Crippen LogP contribution in [0.25, 0.3) is 0 Å². The molecule has 1 rings (SSSR count). The SMILES string of the molecule is Cc1ccc(C#N)c(NCCN(C)C(C)C)n1. The summed E-state index contributed by atoms with van der Waals surface area (Å²) in [5.41, 5.74) is 1.52. The highest BCUT2D eigenvalue weighted by Crippen LogP contribution is 2.11. The number of anilines is 1. The van der Waals surface area contributed by atoms with Crippen LogP contribution in [0.2, 0.25) is 0 Å². The predicted molar refractivity (Wildman–Crippen MR) is 69.9 cm³/mol. The summed E-state index contributed by atoms with van der Waals surface area (Å²) in [7, 11) is 2.08. The van der Waals surface area contributed by atoms with Gasteiger partial charge in [-0.25, -0.2) is 4.98 Å². The Morgan fingerprint density at radius 3 is 2.76 bits per heavy atom. The second kappa shape index (κ2) is 6.21. The summed E-state index contributed by atoms with van der Waals surface area (Å²) in [6.07, 6.45) is 0. The minimum Gasteiger partial charge on any atom is -0.368 e. The van der Waals surface area contributed by atoms with Crippen molar-refractivity contribution in [1.29, 1.82) is 5.26 Å². The van der Waals surface area contributed by atoms with Gasteiger partial charge in [0.15, 0.2) is 0 Å². The van der Waals surface area contributed by atoms with E-state index < -0.39 is 0 Å². The second-order valence-corrected chi connectivity index (χ2v) is 4.46. The molecule has 1 N–H and O–H groups in total. The number of hydrogen-bond donors (Lipinski definition) is 1. The summed E-state index contributed by atoms with van der Waals surface area (Å²) in [4.78, 5) is 6.58. The molecule has 0 saturated heterocycles. The molecule has 0 amide bonds. The molecule has 0 fully saturated rings. The summed E-state index contributed by atoms with van der Waals surface area (Å²) < 4.78 is 0. The van der Waals surface area contributed by atoms with Crippen LogP contribution in [0.5, 0.6) is 0 Å². The molecule has 0 aliphatic carbocycles. The average molecular weight is 232 g/mol. The van der Waals surface area contributed by atoms with Crippen molar-refractivity contribution in [3.63, 3.8) is 0 Å². The molecule has 4 heteroatoms. The lowest BCUT2D eigenvalue weighted by Gasteiger charge is -2.21. The van der Waals surface area contributed by atoms with E-state index >= 15 is 0 Å². The van der Waals surface area contributed by atoms with Gasteiger partial charge in [-0.3, -0.25) is 0 Å². The predicted octanol–water partition coefficient (Wildman–Crippen LogP) is 2.01. The lowest BCUT2D eigenvalue weighted by molar-refractivity contribution is 0.284. The van der Waals surface area contributed by atoms with Gasteiger partial charge in [-0.2, -0.15) is 5.26 Å². The molecule has 1 aromatic heterocycles. The first-order valence-electron chi connectivity index (χ1n) is 5.86. The lowest BCUT2D eigenvalue weighted by atomic mass is 10.2. The number of nitrogens with zero attached hydrogens (tertiary/aromatic N) is 3. The van der Waals surface area contributed by atoms with Crippen LogP contribution in [0.4, 0.5) is 5.82 Å². The summed E-state index contributed by atoms with van der Waals surface area (Å²) >= 11 is 0. The van der Waals surface area contributed by atoms with Gasteiger partial charge >= 0.3 is 0 Å². The maximum Gasteiger partial charge on any atom is 0.144 e. The van der Waals surface area contributed by atoms with Gasteiger partial charge in [0.2, 0.25) is 0 Å². The number of aromatic nitrogens is 1. The Balaban J connectivity index is 2.57. The number of hydrogen-bond acceptors (Lipinski definition) is 4. The van der Waals surface area contributed by atoms with Gasteiger partial charge < -0.3 is 10.2 Å². The Morgan fingerprint density at radius 2 is 2.18 bits per heavy atom. The summed E-state index contributed by atoms with van der Waals surface area (Å²) in [6, 6.07) is 6.32. The van der Waals surface area contributed by atoms with Gasteiger partial charge in [0.05, 0.1) is 5.56 Å². The molecule has 0 unspecified atom stereocenters. The van der Waals surface area contributed by atoms with E-state index in [1.54, 1.807) is 6.07 Å².